The highest BCUT2D eigenvalue weighted by molar-refractivity contribution is 8.45. The molecule has 0 aliphatic carbocycles. The average Bonchev–Trinajstić information content (AvgIpc) is 3.24. The van der Waals surface area contributed by atoms with Gasteiger partial charge in [0.15, 0.2) is 24.5 Å². The molecule has 0 bridgehead atoms. The van der Waals surface area contributed by atoms with E-state index in [1.54, 1.807) is 0 Å². The highest BCUT2D eigenvalue weighted by atomic mass is 32.7. The van der Waals surface area contributed by atoms with Gasteiger partial charge in [0.2, 0.25) is 6.29 Å². The second-order valence-electron chi connectivity index (χ2n) is 10.5. The van der Waals surface area contributed by atoms with Gasteiger partial charge in [0.05, 0.1) is 6.61 Å². The van der Waals surface area contributed by atoms with E-state index in [1.807, 2.05) is 4.98 Å². The minimum atomic E-state index is -5.72. The summed E-state index contributed by atoms with van der Waals surface area (Å²) < 4.78 is 72.7. The van der Waals surface area contributed by atoms with E-state index in [2.05, 4.69) is 23.1 Å². The van der Waals surface area contributed by atoms with Crippen LogP contribution in [-0.2, 0) is 70.1 Å². The number of hydrogen-bond acceptors (Lipinski definition) is 19. The minimum absolute atomic E-state index is 0.0791. The van der Waals surface area contributed by atoms with Crippen LogP contribution in [0.2, 0.25) is 0 Å². The highest BCUT2D eigenvalue weighted by Gasteiger charge is 2.55. The first-order chi connectivity index (χ1) is 23.1. The van der Waals surface area contributed by atoms with Gasteiger partial charge in [-0.2, -0.15) is 4.31 Å². The van der Waals surface area contributed by atoms with Crippen molar-refractivity contribution in [1.29, 1.82) is 0 Å². The number of ether oxygens (including phenoxy) is 6. The summed E-state index contributed by atoms with van der Waals surface area (Å²) >= 11 is 3.64. The maximum atomic E-state index is 13.1. The molecule has 3 heterocycles. The number of aliphatic hydroxyl groups excluding tert-OH is 2. The Hall–Kier alpha value is -3.21. The Balaban J connectivity index is 1.82. The van der Waals surface area contributed by atoms with Crippen molar-refractivity contribution >= 4 is 50.7 Å². The van der Waals surface area contributed by atoms with Gasteiger partial charge in [-0.15, -0.1) is 0 Å². The lowest BCUT2D eigenvalue weighted by atomic mass is 9.95. The second-order valence-corrected chi connectivity index (χ2v) is 15.0. The number of phosphoric acid groups is 1. The molecule has 3 rings (SSSR count). The summed E-state index contributed by atoms with van der Waals surface area (Å²) in [7, 11) is -5.72. The number of carbonyl (C=O) groups excluding carboxylic acids is 4. The van der Waals surface area contributed by atoms with Crippen LogP contribution >= 0.6 is 26.9 Å². The topological polar surface area (TPSA) is 301 Å². The lowest BCUT2D eigenvalue weighted by Gasteiger charge is -2.44. The molecule has 280 valence electrons. The molecular formula is C25H34N2O20P2S. The molecule has 11 atom stereocenters. The number of aliphatic hydroxyl groups is 2. The second kappa shape index (κ2) is 16.9. The molecule has 1 aromatic rings. The fourth-order valence-corrected chi connectivity index (χ4v) is 7.85. The maximum absolute atomic E-state index is 13.1. The number of H-pyrrole nitrogens is 1. The molecule has 0 spiro atoms. The molecule has 50 heavy (non-hydrogen) atoms. The monoisotopic (exact) mass is 776 g/mol. The Morgan fingerprint density at radius 3 is 2.20 bits per heavy atom. The van der Waals surface area contributed by atoms with Crippen LogP contribution in [0.5, 0.6) is 0 Å². The summed E-state index contributed by atoms with van der Waals surface area (Å²) in [5.74, 6) is -3.98. The van der Waals surface area contributed by atoms with E-state index in [-0.39, 0.29) is 5.57 Å². The Bertz CT molecular complexity index is 1680. The van der Waals surface area contributed by atoms with Crippen molar-refractivity contribution in [2.24, 2.45) is 0 Å². The predicted molar refractivity (Wildman–Crippen MR) is 163 cm³/mol. The van der Waals surface area contributed by atoms with Crippen LogP contribution in [0.1, 0.15) is 33.9 Å². The molecule has 7 unspecified atom stereocenters. The Kier molecular flexibility index (Phi) is 13.9. The molecule has 0 radical (unpaired) electrons. The van der Waals surface area contributed by atoms with Crippen molar-refractivity contribution in [2.75, 3.05) is 13.2 Å². The summed E-state index contributed by atoms with van der Waals surface area (Å²) in [4.78, 5) is 83.2. The Morgan fingerprint density at radius 2 is 1.64 bits per heavy atom. The van der Waals surface area contributed by atoms with Crippen molar-refractivity contribution in [3.05, 3.63) is 45.3 Å². The lowest BCUT2D eigenvalue weighted by molar-refractivity contribution is -0.299. The van der Waals surface area contributed by atoms with Crippen LogP contribution in [0.3, 0.4) is 0 Å². The number of rotatable bonds is 14. The standard InChI is InChI=1S/C25H34N2O20P2S/c1-10-18(33)15(44-23(10)27-7-6-17(32)26-25(27)35)9-40-49(38,50)47-48(36,37)46-24-22(43-14(5)31)21(42-13(4)30)19(34)20(45-24)16(41-12(3)29)8-39-11(2)28/h6-7,15-16,18-24,33-34H,1,8-9H2,2-5H3,(H,36,37)(H,38,50)(H,26,32,35)/t15-,16+,18+,19?,20?,21?,22?,23-,24?,49?/m1/s1. The summed E-state index contributed by atoms with van der Waals surface area (Å²) in [6.07, 6.45) is -15.1. The molecule has 2 saturated heterocycles. The van der Waals surface area contributed by atoms with Crippen LogP contribution < -0.4 is 11.2 Å². The third-order valence-corrected chi connectivity index (χ3v) is 10.2. The van der Waals surface area contributed by atoms with Crippen LogP contribution in [-0.4, -0.2) is 111 Å². The van der Waals surface area contributed by atoms with Gasteiger partial charge >= 0.3 is 44.2 Å². The van der Waals surface area contributed by atoms with Crippen molar-refractivity contribution in [2.45, 2.75) is 82.9 Å². The third-order valence-electron chi connectivity index (χ3n) is 6.60. The van der Waals surface area contributed by atoms with Crippen LogP contribution in [0.4, 0.5) is 0 Å². The van der Waals surface area contributed by atoms with E-state index in [9.17, 15) is 53.0 Å². The lowest BCUT2D eigenvalue weighted by Crippen LogP contribution is -2.64. The van der Waals surface area contributed by atoms with Gasteiger partial charge in [-0.3, -0.25) is 42.6 Å². The largest absolute Gasteiger partial charge is 0.482 e. The third kappa shape index (κ3) is 11.1. The van der Waals surface area contributed by atoms with Crippen LogP contribution in [0.25, 0.3) is 0 Å². The van der Waals surface area contributed by atoms with Crippen LogP contribution in [0, 0.1) is 0 Å². The number of phosphoric ester groups is 1. The first-order valence-electron chi connectivity index (χ1n) is 14.1. The molecule has 2 aliphatic heterocycles. The molecule has 22 nitrogen and oxygen atoms in total. The van der Waals surface area contributed by atoms with Gasteiger partial charge in [-0.05, 0) is 0 Å². The van der Waals surface area contributed by atoms with Crippen molar-refractivity contribution in [3.8, 4) is 0 Å². The molecular weight excluding hydrogens is 742 g/mol. The highest BCUT2D eigenvalue weighted by Crippen LogP contribution is 2.66. The molecule has 25 heteroatoms. The number of nitrogens with one attached hydrogen (secondary N) is 1. The van der Waals surface area contributed by atoms with Gasteiger partial charge in [0.25, 0.3) is 5.56 Å². The number of aromatic nitrogens is 2. The number of carbonyl (C=O) groups is 4. The molecule has 1 aromatic heterocycles. The van der Waals surface area contributed by atoms with Gasteiger partial charge in [0, 0.05) is 45.5 Å². The first-order valence-corrected chi connectivity index (χ1v) is 18.3. The maximum Gasteiger partial charge on any atom is 0.482 e. The first kappa shape index (κ1) is 41.2. The number of hydrogen-bond donors (Lipinski definition) is 5. The number of esters is 4. The summed E-state index contributed by atoms with van der Waals surface area (Å²) in [6, 6.07) is 0.999. The fourth-order valence-electron chi connectivity index (χ4n) is 4.66. The van der Waals surface area contributed by atoms with E-state index in [0.717, 1.165) is 44.5 Å². The molecule has 0 aromatic carbocycles. The molecule has 0 amide bonds. The van der Waals surface area contributed by atoms with E-state index < -0.39 is 118 Å². The van der Waals surface area contributed by atoms with E-state index >= 15 is 0 Å². The smallest absolute Gasteiger partial charge is 0.462 e. The minimum Gasteiger partial charge on any atom is -0.462 e. The van der Waals surface area contributed by atoms with Crippen molar-refractivity contribution in [3.63, 3.8) is 0 Å². The van der Waals surface area contributed by atoms with Gasteiger partial charge in [-0.1, -0.05) is 18.8 Å². The number of aromatic amines is 1. The van der Waals surface area contributed by atoms with E-state index in [1.165, 1.54) is 0 Å². The fraction of sp³-hybridized carbons (Fsp3) is 0.600. The summed E-state index contributed by atoms with van der Waals surface area (Å²) in [5, 5.41) is 21.6. The van der Waals surface area contributed by atoms with Gasteiger partial charge < -0.3 is 43.5 Å². The number of thiol groups is 1. The predicted octanol–water partition coefficient (Wildman–Crippen LogP) is -1.02. The van der Waals surface area contributed by atoms with E-state index in [0.29, 0.717) is 0 Å². The number of nitrogens with zero attached hydrogens (tertiary/aromatic N) is 1. The van der Waals surface area contributed by atoms with Crippen molar-refractivity contribution < 1.29 is 85.2 Å². The normalized spacial score (nSPS) is 29.6. The molecule has 2 fully saturated rings. The zero-order chi connectivity index (χ0) is 37.7. The average molecular weight is 777 g/mol. The Labute approximate surface area is 286 Å². The SMILES string of the molecule is C=C1[C@H](n2ccc(=O)[nH]c2=O)O[C@H](COP(=O)(S)OP(=O)(O)OC2OC([C@H](COC(C)=O)OC(C)=O)C(O)C(OC(C)=O)C2OC(C)=O)[C@H]1O. The molecule has 0 saturated carbocycles. The zero-order valence-electron chi connectivity index (χ0n) is 26.5. The zero-order valence-corrected chi connectivity index (χ0v) is 29.2. The molecule has 4 N–H and O–H groups in total. The summed E-state index contributed by atoms with van der Waals surface area (Å²) in [6.45, 7) is 0.791. The van der Waals surface area contributed by atoms with Gasteiger partial charge in [-0.25, -0.2) is 13.9 Å². The van der Waals surface area contributed by atoms with Crippen LogP contribution in [0.15, 0.2) is 34.0 Å². The van der Waals surface area contributed by atoms with Crippen molar-refractivity contribution in [1.82, 2.24) is 9.55 Å². The summed E-state index contributed by atoms with van der Waals surface area (Å²) in [5.41, 5.74) is -1.70. The van der Waals surface area contributed by atoms with E-state index in [4.69, 9.17) is 37.5 Å². The Morgan fingerprint density at radius 1 is 1.02 bits per heavy atom. The quantitative estimate of drug-likeness (QED) is 0.0497. The van der Waals surface area contributed by atoms with Gasteiger partial charge in [0.1, 0.15) is 31.0 Å². The molecule has 2 aliphatic rings.